The van der Waals surface area contributed by atoms with Crippen LogP contribution in [0.15, 0.2) is 30.7 Å². The molecule has 88 valence electrons. The number of rotatable bonds is 3. The van der Waals surface area contributed by atoms with Crippen LogP contribution in [0.3, 0.4) is 0 Å². The zero-order valence-electron chi connectivity index (χ0n) is 8.67. The Kier molecular flexibility index (Phi) is 3.24. The average Bonchev–Trinajstić information content (AvgIpc) is 2.74. The molecule has 2 aromatic rings. The lowest BCUT2D eigenvalue weighted by Crippen LogP contribution is -2.20. The quantitative estimate of drug-likeness (QED) is 0.871. The number of amides is 1. The third-order valence-electron chi connectivity index (χ3n) is 2.04. The molecule has 0 fully saturated rings. The number of nitrogens with zero attached hydrogens (tertiary/aromatic N) is 3. The van der Waals surface area contributed by atoms with Crippen molar-refractivity contribution in [2.24, 2.45) is 0 Å². The fraction of sp³-hybridized carbons (Fsp3) is 0.100. The van der Waals surface area contributed by atoms with Crippen LogP contribution in [0.25, 0.3) is 5.82 Å². The van der Waals surface area contributed by atoms with E-state index in [0.29, 0.717) is 10.8 Å². The molecule has 0 aliphatic heterocycles. The normalized spacial score (nSPS) is 10.2. The highest BCUT2D eigenvalue weighted by atomic mass is 35.5. The van der Waals surface area contributed by atoms with E-state index in [4.69, 9.17) is 16.7 Å². The lowest BCUT2D eigenvalue weighted by atomic mass is 10.3. The van der Waals surface area contributed by atoms with Gasteiger partial charge in [0.1, 0.15) is 0 Å². The monoisotopic (exact) mass is 252 g/mol. The standard InChI is InChI=1S/C10H9ClN4O2/c11-8-5-14-15(6-8)9-2-1-7(3-12-9)4-13-10(16)17/h1-3,5-6,13H,4H2,(H,16,17). The van der Waals surface area contributed by atoms with Gasteiger partial charge in [-0.1, -0.05) is 17.7 Å². The summed E-state index contributed by atoms with van der Waals surface area (Å²) in [6, 6.07) is 3.51. The second kappa shape index (κ2) is 4.84. The maximum Gasteiger partial charge on any atom is 0.404 e. The molecule has 2 aromatic heterocycles. The largest absolute Gasteiger partial charge is 0.465 e. The lowest BCUT2D eigenvalue weighted by Gasteiger charge is -2.03. The summed E-state index contributed by atoms with van der Waals surface area (Å²) in [5, 5.41) is 15.2. The molecule has 0 aliphatic rings. The van der Waals surface area contributed by atoms with Crippen molar-refractivity contribution >= 4 is 17.7 Å². The fourth-order valence-electron chi connectivity index (χ4n) is 1.26. The van der Waals surface area contributed by atoms with Gasteiger partial charge >= 0.3 is 6.09 Å². The van der Waals surface area contributed by atoms with Crippen LogP contribution in [-0.2, 0) is 6.54 Å². The Morgan fingerprint density at radius 3 is 2.82 bits per heavy atom. The molecule has 0 unspecified atom stereocenters. The summed E-state index contributed by atoms with van der Waals surface area (Å²) in [5.41, 5.74) is 0.773. The lowest BCUT2D eigenvalue weighted by molar-refractivity contribution is 0.194. The molecule has 0 aliphatic carbocycles. The van der Waals surface area contributed by atoms with Crippen LogP contribution in [0.2, 0.25) is 5.02 Å². The van der Waals surface area contributed by atoms with E-state index in [1.165, 1.54) is 10.9 Å². The first-order chi connectivity index (χ1) is 8.15. The van der Waals surface area contributed by atoms with Crippen molar-refractivity contribution in [1.29, 1.82) is 0 Å². The van der Waals surface area contributed by atoms with Gasteiger partial charge in [-0.15, -0.1) is 0 Å². The van der Waals surface area contributed by atoms with Crippen molar-refractivity contribution in [2.75, 3.05) is 0 Å². The van der Waals surface area contributed by atoms with E-state index in [2.05, 4.69) is 15.4 Å². The van der Waals surface area contributed by atoms with Gasteiger partial charge in [-0.3, -0.25) is 0 Å². The van der Waals surface area contributed by atoms with Gasteiger partial charge in [0.2, 0.25) is 0 Å². The molecular formula is C10H9ClN4O2. The summed E-state index contributed by atoms with van der Waals surface area (Å²) >= 11 is 5.74. The van der Waals surface area contributed by atoms with Crippen LogP contribution in [0.5, 0.6) is 0 Å². The van der Waals surface area contributed by atoms with Crippen molar-refractivity contribution < 1.29 is 9.90 Å². The first kappa shape index (κ1) is 11.4. The summed E-state index contributed by atoms with van der Waals surface area (Å²) in [6.45, 7) is 0.225. The molecular weight excluding hydrogens is 244 g/mol. The first-order valence-corrected chi connectivity index (χ1v) is 5.15. The van der Waals surface area contributed by atoms with E-state index in [-0.39, 0.29) is 6.54 Å². The molecule has 6 nitrogen and oxygen atoms in total. The Morgan fingerprint density at radius 2 is 2.29 bits per heavy atom. The summed E-state index contributed by atoms with van der Waals surface area (Å²) in [5.74, 6) is 0.621. The molecule has 0 radical (unpaired) electrons. The zero-order valence-corrected chi connectivity index (χ0v) is 9.42. The SMILES string of the molecule is O=C(O)NCc1ccc(-n2cc(Cl)cn2)nc1. The van der Waals surface area contributed by atoms with Crippen LogP contribution in [0, 0.1) is 0 Å². The molecule has 0 saturated carbocycles. The molecule has 0 saturated heterocycles. The highest BCUT2D eigenvalue weighted by molar-refractivity contribution is 6.30. The van der Waals surface area contributed by atoms with Gasteiger partial charge in [-0.05, 0) is 11.6 Å². The minimum absolute atomic E-state index is 0.225. The zero-order chi connectivity index (χ0) is 12.3. The second-order valence-electron chi connectivity index (χ2n) is 3.29. The number of aromatic nitrogens is 3. The van der Waals surface area contributed by atoms with E-state index in [1.807, 2.05) is 0 Å². The molecule has 0 aromatic carbocycles. The van der Waals surface area contributed by atoms with E-state index >= 15 is 0 Å². The Labute approximate surface area is 102 Å². The Hall–Kier alpha value is -2.08. The third-order valence-corrected chi connectivity index (χ3v) is 2.23. The molecule has 1 amide bonds. The summed E-state index contributed by atoms with van der Waals surface area (Å²) in [4.78, 5) is 14.5. The number of halogens is 1. The van der Waals surface area contributed by atoms with Crippen molar-refractivity contribution in [3.63, 3.8) is 0 Å². The van der Waals surface area contributed by atoms with E-state index in [0.717, 1.165) is 5.56 Å². The van der Waals surface area contributed by atoms with E-state index in [1.54, 1.807) is 24.5 Å². The Balaban J connectivity index is 2.10. The van der Waals surface area contributed by atoms with E-state index in [9.17, 15) is 4.79 Å². The fourth-order valence-corrected chi connectivity index (χ4v) is 1.40. The topological polar surface area (TPSA) is 80.0 Å². The van der Waals surface area contributed by atoms with Crippen molar-refractivity contribution in [1.82, 2.24) is 20.1 Å². The minimum atomic E-state index is -1.06. The number of hydrogen-bond donors (Lipinski definition) is 2. The van der Waals surface area contributed by atoms with Gasteiger partial charge in [0.15, 0.2) is 5.82 Å². The van der Waals surface area contributed by atoms with Gasteiger partial charge < -0.3 is 10.4 Å². The summed E-state index contributed by atoms with van der Waals surface area (Å²) in [6.07, 6.45) is 3.68. The molecule has 2 N–H and O–H groups in total. The maximum atomic E-state index is 10.3. The molecule has 0 atom stereocenters. The minimum Gasteiger partial charge on any atom is -0.465 e. The number of carboxylic acid groups (broad SMARTS) is 1. The number of carbonyl (C=O) groups is 1. The van der Waals surface area contributed by atoms with Crippen LogP contribution >= 0.6 is 11.6 Å². The second-order valence-corrected chi connectivity index (χ2v) is 3.72. The Morgan fingerprint density at radius 1 is 1.47 bits per heavy atom. The smallest absolute Gasteiger partial charge is 0.404 e. The highest BCUT2D eigenvalue weighted by Gasteiger charge is 2.01. The van der Waals surface area contributed by atoms with Gasteiger partial charge in [0, 0.05) is 12.7 Å². The van der Waals surface area contributed by atoms with Gasteiger partial charge in [0.05, 0.1) is 17.4 Å². The van der Waals surface area contributed by atoms with Gasteiger partial charge in [-0.2, -0.15) is 5.10 Å². The predicted molar refractivity (Wildman–Crippen MR) is 61.2 cm³/mol. The van der Waals surface area contributed by atoms with Crippen LogP contribution in [-0.4, -0.2) is 26.0 Å². The van der Waals surface area contributed by atoms with Gasteiger partial charge in [-0.25, -0.2) is 14.5 Å². The molecule has 2 heterocycles. The molecule has 7 heteroatoms. The summed E-state index contributed by atoms with van der Waals surface area (Å²) < 4.78 is 1.54. The molecule has 0 spiro atoms. The first-order valence-electron chi connectivity index (χ1n) is 4.77. The number of nitrogens with one attached hydrogen (secondary N) is 1. The van der Waals surface area contributed by atoms with Crippen molar-refractivity contribution in [3.05, 3.63) is 41.3 Å². The van der Waals surface area contributed by atoms with Crippen molar-refractivity contribution in [2.45, 2.75) is 6.54 Å². The highest BCUT2D eigenvalue weighted by Crippen LogP contribution is 2.10. The van der Waals surface area contributed by atoms with Crippen molar-refractivity contribution in [3.8, 4) is 5.82 Å². The predicted octanol–water partition coefficient (Wildman–Crippen LogP) is 1.69. The molecule has 0 bridgehead atoms. The molecule has 17 heavy (non-hydrogen) atoms. The molecule has 2 rings (SSSR count). The Bertz CT molecular complexity index is 523. The average molecular weight is 253 g/mol. The van der Waals surface area contributed by atoms with E-state index < -0.39 is 6.09 Å². The summed E-state index contributed by atoms with van der Waals surface area (Å²) in [7, 11) is 0. The van der Waals surface area contributed by atoms with Gasteiger partial charge in [0.25, 0.3) is 0 Å². The maximum absolute atomic E-state index is 10.3. The number of pyridine rings is 1. The van der Waals surface area contributed by atoms with Crippen LogP contribution in [0.4, 0.5) is 4.79 Å². The third kappa shape index (κ3) is 2.94. The number of hydrogen-bond acceptors (Lipinski definition) is 3. The van der Waals surface area contributed by atoms with Crippen LogP contribution < -0.4 is 5.32 Å². The van der Waals surface area contributed by atoms with Crippen LogP contribution in [0.1, 0.15) is 5.56 Å².